The van der Waals surface area contributed by atoms with Gasteiger partial charge in [0.15, 0.2) is 23.7 Å². The molecule has 1 aromatic carbocycles. The molecule has 1 fully saturated rings. The molecule has 1 aliphatic heterocycles. The number of carbonyl (C=O) groups is 4. The SMILES string of the molecule is CC(=O)O[C@@H]1[C@@H](OC(C)=O)[C@H](OC(C)=O)CS[C@H]1Oc1ccc2ccn(C(=O)OC(C)(C)C)c2c1. The fourth-order valence-electron chi connectivity index (χ4n) is 3.60. The Morgan fingerprint density at radius 2 is 1.54 bits per heavy atom. The molecule has 11 heteroatoms. The van der Waals surface area contributed by atoms with E-state index in [-0.39, 0.29) is 5.75 Å². The summed E-state index contributed by atoms with van der Waals surface area (Å²) in [5.41, 5.74) is -0.879. The van der Waals surface area contributed by atoms with Gasteiger partial charge in [-0.05, 0) is 39.0 Å². The van der Waals surface area contributed by atoms with E-state index in [9.17, 15) is 19.2 Å². The number of ether oxygens (including phenoxy) is 5. The zero-order valence-electron chi connectivity index (χ0n) is 20.4. The Bertz CT molecular complexity index is 1120. The molecule has 35 heavy (non-hydrogen) atoms. The molecule has 2 heterocycles. The van der Waals surface area contributed by atoms with Gasteiger partial charge in [-0.2, -0.15) is 0 Å². The van der Waals surface area contributed by atoms with Crippen LogP contribution in [0.3, 0.4) is 0 Å². The molecule has 0 bridgehead atoms. The molecule has 3 rings (SSSR count). The summed E-state index contributed by atoms with van der Waals surface area (Å²) in [6, 6.07) is 6.95. The van der Waals surface area contributed by atoms with Crippen molar-refractivity contribution in [2.24, 2.45) is 0 Å². The smallest absolute Gasteiger partial charge is 0.418 e. The minimum Gasteiger partial charge on any atom is -0.476 e. The maximum atomic E-state index is 12.6. The van der Waals surface area contributed by atoms with Gasteiger partial charge in [-0.1, -0.05) is 0 Å². The Balaban J connectivity index is 1.90. The van der Waals surface area contributed by atoms with Crippen molar-refractivity contribution in [3.63, 3.8) is 0 Å². The number of hydrogen-bond donors (Lipinski definition) is 0. The molecule has 4 atom stereocenters. The van der Waals surface area contributed by atoms with Gasteiger partial charge in [-0.25, -0.2) is 4.79 Å². The summed E-state index contributed by atoms with van der Waals surface area (Å²) in [6.07, 6.45) is -1.85. The largest absolute Gasteiger partial charge is 0.476 e. The van der Waals surface area contributed by atoms with Crippen LogP contribution in [-0.4, -0.2) is 63.7 Å². The summed E-state index contributed by atoms with van der Waals surface area (Å²) >= 11 is 1.25. The Labute approximate surface area is 207 Å². The third kappa shape index (κ3) is 6.91. The number of nitrogens with zero attached hydrogens (tertiary/aromatic N) is 1. The number of aromatic nitrogens is 1. The van der Waals surface area contributed by atoms with Crippen LogP contribution in [-0.2, 0) is 33.3 Å². The first kappa shape index (κ1) is 26.4. The van der Waals surface area contributed by atoms with Gasteiger partial charge in [0.1, 0.15) is 11.4 Å². The van der Waals surface area contributed by atoms with E-state index in [0.29, 0.717) is 11.3 Å². The minimum atomic E-state index is -1.05. The normalized spacial score (nSPS) is 22.2. The Kier molecular flexibility index (Phi) is 7.99. The van der Waals surface area contributed by atoms with Crippen molar-refractivity contribution >= 4 is 46.7 Å². The molecule has 0 saturated carbocycles. The van der Waals surface area contributed by atoms with Gasteiger partial charge < -0.3 is 23.7 Å². The maximum absolute atomic E-state index is 12.6. The molecule has 190 valence electrons. The third-order valence-corrected chi connectivity index (χ3v) is 6.03. The molecule has 0 N–H and O–H groups in total. The predicted octanol–water partition coefficient (Wildman–Crippen LogP) is 3.67. The molecule has 1 aromatic heterocycles. The summed E-state index contributed by atoms with van der Waals surface area (Å²) in [5.74, 6) is -1.15. The second-order valence-corrected chi connectivity index (χ2v) is 10.1. The maximum Gasteiger partial charge on any atom is 0.418 e. The standard InChI is InChI=1S/C24H29NO9S/c1-13(26)30-19-12-35-22(21(32-15(3)28)20(19)31-14(2)27)33-17-8-7-16-9-10-25(18(16)11-17)23(29)34-24(4,5)6/h7-11,19-22H,12H2,1-6H3/t19-,20+,21-,22-/m1/s1. The number of esters is 3. The lowest BCUT2D eigenvalue weighted by Crippen LogP contribution is -2.55. The first-order chi connectivity index (χ1) is 16.3. The van der Waals surface area contributed by atoms with Crippen molar-refractivity contribution < 1.29 is 42.9 Å². The minimum absolute atomic E-state index is 0.247. The van der Waals surface area contributed by atoms with E-state index in [1.165, 1.54) is 37.1 Å². The third-order valence-electron chi connectivity index (χ3n) is 4.81. The van der Waals surface area contributed by atoms with Crippen molar-refractivity contribution in [3.8, 4) is 5.75 Å². The van der Waals surface area contributed by atoms with Crippen molar-refractivity contribution in [2.75, 3.05) is 5.75 Å². The molecular formula is C24H29NO9S. The quantitative estimate of drug-likeness (QED) is 0.438. The van der Waals surface area contributed by atoms with Crippen LogP contribution < -0.4 is 4.74 Å². The summed E-state index contributed by atoms with van der Waals surface area (Å²) in [6.45, 7) is 9.03. The van der Waals surface area contributed by atoms with Crippen molar-refractivity contribution in [3.05, 3.63) is 30.5 Å². The molecule has 0 aliphatic carbocycles. The van der Waals surface area contributed by atoms with E-state index in [4.69, 9.17) is 23.7 Å². The van der Waals surface area contributed by atoms with E-state index in [2.05, 4.69) is 0 Å². The van der Waals surface area contributed by atoms with Crippen LogP contribution >= 0.6 is 11.8 Å². The first-order valence-electron chi connectivity index (χ1n) is 11.0. The average Bonchev–Trinajstić information content (AvgIpc) is 3.13. The highest BCUT2D eigenvalue weighted by atomic mass is 32.2. The molecule has 1 aliphatic rings. The van der Waals surface area contributed by atoms with Crippen LogP contribution in [0.5, 0.6) is 5.75 Å². The zero-order chi connectivity index (χ0) is 25.9. The highest BCUT2D eigenvalue weighted by molar-refractivity contribution is 7.99. The van der Waals surface area contributed by atoms with Gasteiger partial charge in [0, 0.05) is 44.2 Å². The Hall–Kier alpha value is -3.21. The highest BCUT2D eigenvalue weighted by Gasteiger charge is 2.47. The van der Waals surface area contributed by atoms with E-state index in [1.54, 1.807) is 51.2 Å². The fourth-order valence-corrected chi connectivity index (χ4v) is 4.81. The van der Waals surface area contributed by atoms with Crippen LogP contribution in [0.1, 0.15) is 41.5 Å². The molecular weight excluding hydrogens is 478 g/mol. The van der Waals surface area contributed by atoms with Crippen molar-refractivity contribution in [1.82, 2.24) is 4.57 Å². The topological polar surface area (TPSA) is 119 Å². The Morgan fingerprint density at radius 3 is 2.14 bits per heavy atom. The average molecular weight is 508 g/mol. The number of rotatable bonds is 5. The molecule has 0 amide bonds. The first-order valence-corrected chi connectivity index (χ1v) is 12.0. The van der Waals surface area contributed by atoms with Gasteiger partial charge in [0.25, 0.3) is 0 Å². The van der Waals surface area contributed by atoms with E-state index < -0.39 is 53.4 Å². The summed E-state index contributed by atoms with van der Waals surface area (Å²) in [4.78, 5) is 47.8. The van der Waals surface area contributed by atoms with Gasteiger partial charge in [0.2, 0.25) is 0 Å². The summed E-state index contributed by atoms with van der Waals surface area (Å²) in [7, 11) is 0. The second-order valence-electron chi connectivity index (χ2n) is 9.00. The molecule has 10 nitrogen and oxygen atoms in total. The number of carbonyl (C=O) groups excluding carboxylic acids is 4. The lowest BCUT2D eigenvalue weighted by molar-refractivity contribution is -0.186. The Morgan fingerprint density at radius 1 is 0.914 bits per heavy atom. The highest BCUT2D eigenvalue weighted by Crippen LogP contribution is 2.35. The molecule has 1 saturated heterocycles. The number of thioether (sulfide) groups is 1. The predicted molar refractivity (Wildman–Crippen MR) is 127 cm³/mol. The number of hydrogen-bond acceptors (Lipinski definition) is 10. The van der Waals surface area contributed by atoms with E-state index in [0.717, 1.165) is 5.39 Å². The van der Waals surface area contributed by atoms with Crippen LogP contribution in [0, 0.1) is 0 Å². The van der Waals surface area contributed by atoms with Crippen LogP contribution in [0.25, 0.3) is 10.9 Å². The van der Waals surface area contributed by atoms with Crippen LogP contribution in [0.2, 0.25) is 0 Å². The second kappa shape index (κ2) is 10.6. The summed E-state index contributed by atoms with van der Waals surface area (Å²) in [5, 5.41) is 0.795. The van der Waals surface area contributed by atoms with Crippen molar-refractivity contribution in [1.29, 1.82) is 0 Å². The molecule has 0 unspecified atom stereocenters. The van der Waals surface area contributed by atoms with Gasteiger partial charge in [-0.3, -0.25) is 19.0 Å². The van der Waals surface area contributed by atoms with Gasteiger partial charge >= 0.3 is 24.0 Å². The summed E-state index contributed by atoms with van der Waals surface area (Å²) < 4.78 is 29.1. The molecule has 2 aromatic rings. The van der Waals surface area contributed by atoms with Gasteiger partial charge in [-0.15, -0.1) is 11.8 Å². The van der Waals surface area contributed by atoms with E-state index >= 15 is 0 Å². The van der Waals surface area contributed by atoms with Gasteiger partial charge in [0.05, 0.1) is 5.52 Å². The van der Waals surface area contributed by atoms with Crippen LogP contribution in [0.15, 0.2) is 30.5 Å². The number of benzene rings is 1. The van der Waals surface area contributed by atoms with Crippen LogP contribution in [0.4, 0.5) is 4.79 Å². The number of fused-ring (bicyclic) bond motifs is 1. The fraction of sp³-hybridized carbons (Fsp3) is 0.500. The monoisotopic (exact) mass is 507 g/mol. The molecule has 0 radical (unpaired) electrons. The van der Waals surface area contributed by atoms with Crippen molar-refractivity contribution in [2.45, 2.75) is 70.9 Å². The zero-order valence-corrected chi connectivity index (χ0v) is 21.2. The lowest BCUT2D eigenvalue weighted by atomic mass is 10.1. The lowest BCUT2D eigenvalue weighted by Gasteiger charge is -2.39. The molecule has 0 spiro atoms. The van der Waals surface area contributed by atoms with E-state index in [1.807, 2.05) is 0 Å².